The van der Waals surface area contributed by atoms with Gasteiger partial charge >= 0.3 is 0 Å². The molecule has 0 bridgehead atoms. The number of hydrogen-bond acceptors (Lipinski definition) is 1. The van der Waals surface area contributed by atoms with Gasteiger partial charge in [-0.3, -0.25) is 0 Å². The Bertz CT molecular complexity index is 91.1. The average Bonchev–Trinajstić information content (AvgIpc) is 2.13. The minimum absolute atomic E-state index is 0.365. The number of unbranched alkanes of at least 4 members (excludes halogenated alkanes) is 4. The molecule has 1 unspecified atom stereocenters. The fourth-order valence-corrected chi connectivity index (χ4v) is 1.67. The molecule has 0 aromatic carbocycles. The molecule has 0 aliphatic rings. The molecule has 0 fully saturated rings. The highest BCUT2D eigenvalue weighted by molar-refractivity contribution is 4.54. The first-order chi connectivity index (χ1) is 6.31. The smallest absolute Gasteiger partial charge is 0.0431 e. The van der Waals surface area contributed by atoms with Crippen LogP contribution in [-0.2, 0) is 0 Å². The van der Waals surface area contributed by atoms with Crippen LogP contribution in [0.2, 0.25) is 0 Å². The fraction of sp³-hybridized carbons (Fsp3) is 1.00. The van der Waals surface area contributed by atoms with E-state index in [4.69, 9.17) is 5.11 Å². The molecule has 0 amide bonds. The maximum atomic E-state index is 8.60. The summed E-state index contributed by atoms with van der Waals surface area (Å²) in [5.74, 6) is 0.894. The van der Waals surface area contributed by atoms with Crippen LogP contribution in [0, 0.1) is 5.92 Å². The van der Waals surface area contributed by atoms with Crippen LogP contribution in [0.1, 0.15) is 65.2 Å². The Morgan fingerprint density at radius 1 is 0.923 bits per heavy atom. The number of aliphatic hydroxyl groups is 1. The largest absolute Gasteiger partial charge is 0.396 e. The van der Waals surface area contributed by atoms with Crippen molar-refractivity contribution in [1.82, 2.24) is 0 Å². The van der Waals surface area contributed by atoms with E-state index in [1.165, 1.54) is 44.9 Å². The summed E-state index contributed by atoms with van der Waals surface area (Å²) in [5, 5.41) is 8.60. The first-order valence-corrected chi connectivity index (χ1v) is 5.92. The van der Waals surface area contributed by atoms with E-state index in [1.807, 2.05) is 0 Å². The van der Waals surface area contributed by atoms with Gasteiger partial charge in [0.15, 0.2) is 0 Å². The van der Waals surface area contributed by atoms with Crippen molar-refractivity contribution < 1.29 is 5.11 Å². The number of aliphatic hydroxyl groups excluding tert-OH is 1. The molecule has 0 saturated heterocycles. The minimum atomic E-state index is 0.365. The molecule has 1 nitrogen and oxygen atoms in total. The Morgan fingerprint density at radius 2 is 1.54 bits per heavy atom. The molecule has 13 heavy (non-hydrogen) atoms. The van der Waals surface area contributed by atoms with Gasteiger partial charge in [0.05, 0.1) is 0 Å². The normalized spacial score (nSPS) is 13.2. The molecule has 0 aromatic heterocycles. The number of rotatable bonds is 9. The van der Waals surface area contributed by atoms with Crippen LogP contribution in [-0.4, -0.2) is 11.7 Å². The van der Waals surface area contributed by atoms with Gasteiger partial charge in [0.25, 0.3) is 0 Å². The molecule has 0 aliphatic carbocycles. The summed E-state index contributed by atoms with van der Waals surface area (Å²) in [5.41, 5.74) is 0. The van der Waals surface area contributed by atoms with Gasteiger partial charge in [-0.2, -0.15) is 0 Å². The second-order valence-electron chi connectivity index (χ2n) is 4.17. The monoisotopic (exact) mass is 186 g/mol. The highest BCUT2D eigenvalue weighted by atomic mass is 16.2. The fourth-order valence-electron chi connectivity index (χ4n) is 1.67. The van der Waals surface area contributed by atoms with Gasteiger partial charge in [-0.1, -0.05) is 58.8 Å². The van der Waals surface area contributed by atoms with Crippen molar-refractivity contribution in [3.8, 4) is 0 Å². The van der Waals surface area contributed by atoms with Crippen molar-refractivity contribution >= 4 is 0 Å². The van der Waals surface area contributed by atoms with Gasteiger partial charge in [-0.25, -0.2) is 0 Å². The van der Waals surface area contributed by atoms with Gasteiger partial charge in [-0.05, 0) is 12.3 Å². The van der Waals surface area contributed by atoms with E-state index in [1.54, 1.807) is 0 Å². The van der Waals surface area contributed by atoms with Gasteiger partial charge in [0.1, 0.15) is 0 Å². The predicted octanol–water partition coefficient (Wildman–Crippen LogP) is 3.76. The zero-order valence-electron chi connectivity index (χ0n) is 9.39. The van der Waals surface area contributed by atoms with Gasteiger partial charge in [0.2, 0.25) is 0 Å². The second-order valence-corrected chi connectivity index (χ2v) is 4.17. The highest BCUT2D eigenvalue weighted by Crippen LogP contribution is 2.16. The summed E-state index contributed by atoms with van der Waals surface area (Å²) in [6.45, 7) is 4.98. The highest BCUT2D eigenvalue weighted by Gasteiger charge is 2.00. The summed E-state index contributed by atoms with van der Waals surface area (Å²) in [7, 11) is 0. The predicted molar refractivity (Wildman–Crippen MR) is 58.9 cm³/mol. The maximum absolute atomic E-state index is 8.60. The molecule has 0 rings (SSSR count). The van der Waals surface area contributed by atoms with E-state index in [-0.39, 0.29) is 0 Å². The first-order valence-electron chi connectivity index (χ1n) is 5.92. The van der Waals surface area contributed by atoms with Crippen LogP contribution in [0.3, 0.4) is 0 Å². The summed E-state index contributed by atoms with van der Waals surface area (Å²) in [6, 6.07) is 0. The standard InChI is InChI=1S/C12H26O/c1-3-4-6-9-12(2)10-7-5-8-11-13/h12-13H,3-11H2,1-2H3. The maximum Gasteiger partial charge on any atom is 0.0431 e. The molecule has 80 valence electrons. The zero-order chi connectivity index (χ0) is 9.94. The van der Waals surface area contributed by atoms with Gasteiger partial charge in [-0.15, -0.1) is 0 Å². The van der Waals surface area contributed by atoms with E-state index < -0.39 is 0 Å². The molecular formula is C12H26O. The molecular weight excluding hydrogens is 160 g/mol. The van der Waals surface area contributed by atoms with Crippen LogP contribution in [0.15, 0.2) is 0 Å². The molecule has 0 spiro atoms. The first kappa shape index (κ1) is 13.0. The third kappa shape index (κ3) is 9.88. The minimum Gasteiger partial charge on any atom is -0.396 e. The molecule has 0 radical (unpaired) electrons. The Labute approximate surface area is 83.5 Å². The van der Waals surface area contributed by atoms with Crippen LogP contribution < -0.4 is 0 Å². The third-order valence-corrected chi connectivity index (χ3v) is 2.66. The lowest BCUT2D eigenvalue weighted by atomic mass is 9.97. The molecule has 0 saturated carbocycles. The second kappa shape index (κ2) is 10.0. The van der Waals surface area contributed by atoms with Gasteiger partial charge in [0, 0.05) is 6.61 Å². The average molecular weight is 186 g/mol. The topological polar surface area (TPSA) is 20.2 Å². The van der Waals surface area contributed by atoms with E-state index in [2.05, 4.69) is 13.8 Å². The lowest BCUT2D eigenvalue weighted by Crippen LogP contribution is -1.95. The van der Waals surface area contributed by atoms with E-state index in [0.717, 1.165) is 12.3 Å². The van der Waals surface area contributed by atoms with Crippen molar-refractivity contribution in [2.24, 2.45) is 5.92 Å². The summed E-state index contributed by atoms with van der Waals surface area (Å²) < 4.78 is 0. The molecule has 0 aliphatic heterocycles. The van der Waals surface area contributed by atoms with Crippen molar-refractivity contribution in [2.45, 2.75) is 65.2 Å². The molecule has 1 heteroatoms. The Hall–Kier alpha value is -0.0400. The van der Waals surface area contributed by atoms with Crippen LogP contribution in [0.25, 0.3) is 0 Å². The van der Waals surface area contributed by atoms with Gasteiger partial charge < -0.3 is 5.11 Å². The molecule has 0 aromatic rings. The van der Waals surface area contributed by atoms with Crippen LogP contribution in [0.5, 0.6) is 0 Å². The van der Waals surface area contributed by atoms with Crippen molar-refractivity contribution in [3.05, 3.63) is 0 Å². The van der Waals surface area contributed by atoms with E-state index in [9.17, 15) is 0 Å². The SMILES string of the molecule is CCCCCC(C)CCCCCO. The zero-order valence-corrected chi connectivity index (χ0v) is 9.39. The lowest BCUT2D eigenvalue weighted by molar-refractivity contribution is 0.280. The van der Waals surface area contributed by atoms with Crippen molar-refractivity contribution in [3.63, 3.8) is 0 Å². The van der Waals surface area contributed by atoms with Crippen LogP contribution in [0.4, 0.5) is 0 Å². The Morgan fingerprint density at radius 3 is 2.08 bits per heavy atom. The molecule has 1 atom stereocenters. The Kier molecular flexibility index (Phi) is 10.0. The van der Waals surface area contributed by atoms with E-state index in [0.29, 0.717) is 6.61 Å². The number of hydrogen-bond donors (Lipinski definition) is 1. The summed E-state index contributed by atoms with van der Waals surface area (Å²) in [4.78, 5) is 0. The molecule has 0 heterocycles. The summed E-state index contributed by atoms with van der Waals surface area (Å²) in [6.07, 6.45) is 10.4. The van der Waals surface area contributed by atoms with Crippen LogP contribution >= 0.6 is 0 Å². The summed E-state index contributed by atoms with van der Waals surface area (Å²) >= 11 is 0. The van der Waals surface area contributed by atoms with Crippen molar-refractivity contribution in [2.75, 3.05) is 6.61 Å². The molecule has 1 N–H and O–H groups in total. The van der Waals surface area contributed by atoms with E-state index >= 15 is 0 Å². The van der Waals surface area contributed by atoms with Crippen molar-refractivity contribution in [1.29, 1.82) is 0 Å². The lowest BCUT2D eigenvalue weighted by Gasteiger charge is -2.09. The third-order valence-electron chi connectivity index (χ3n) is 2.66. The Balaban J connectivity index is 3.05. The quantitative estimate of drug-likeness (QED) is 0.544.